The first-order chi connectivity index (χ1) is 18.0. The lowest BCUT2D eigenvalue weighted by molar-refractivity contribution is -0.114. The highest BCUT2D eigenvalue weighted by Crippen LogP contribution is 2.25. The van der Waals surface area contributed by atoms with Crippen molar-refractivity contribution in [2.45, 2.75) is 78.8 Å². The Morgan fingerprint density at radius 1 is 0.897 bits per heavy atom. The Labute approximate surface area is 232 Å². The van der Waals surface area contributed by atoms with Crippen molar-refractivity contribution in [1.82, 2.24) is 20.9 Å². The maximum atomic E-state index is 12.3. The summed E-state index contributed by atoms with van der Waals surface area (Å²) in [5.74, 6) is -0.526. The van der Waals surface area contributed by atoms with Crippen molar-refractivity contribution < 1.29 is 28.7 Å². The van der Waals surface area contributed by atoms with Gasteiger partial charge in [0.2, 0.25) is 5.91 Å². The Bertz CT molecular complexity index is 1140. The van der Waals surface area contributed by atoms with Gasteiger partial charge >= 0.3 is 12.2 Å². The summed E-state index contributed by atoms with van der Waals surface area (Å²) in [7, 11) is 1.54. The van der Waals surface area contributed by atoms with Gasteiger partial charge in [0.05, 0.1) is 5.69 Å². The fraction of sp³-hybridized carbons (Fsp3) is 0.500. The van der Waals surface area contributed by atoms with Gasteiger partial charge in [-0.3, -0.25) is 20.2 Å². The van der Waals surface area contributed by atoms with Crippen LogP contribution in [0.25, 0.3) is 0 Å². The molecule has 4 amide bonds. The summed E-state index contributed by atoms with van der Waals surface area (Å²) >= 11 is 1.13. The highest BCUT2D eigenvalue weighted by molar-refractivity contribution is 7.17. The van der Waals surface area contributed by atoms with Crippen molar-refractivity contribution in [3.05, 3.63) is 40.4 Å². The predicted molar refractivity (Wildman–Crippen MR) is 150 cm³/mol. The minimum atomic E-state index is -1.02. The average Bonchev–Trinajstić information content (AvgIpc) is 3.17. The Morgan fingerprint density at radius 3 is 1.90 bits per heavy atom. The van der Waals surface area contributed by atoms with Gasteiger partial charge in [-0.1, -0.05) is 23.5 Å². The number of alkyl carbamates (subject to hydrolysis) is 2. The number of carbonyl (C=O) groups excluding carboxylic acids is 4. The standard InChI is InChI=1S/C26H38N6O6S/c1-15(33)28-22-30-18(19(39-22)20(34)27-8)14-11-16-9-12-17(13-10-16)29-21(31-23(35)37-25(2,3)4)32-24(36)38-26(5,6)7/h9-10,12-13,21,29H,11,14H2,1-8H3,(H,27,34)(H,31,35)(H,32,36)(H,28,30,33). The lowest BCUT2D eigenvalue weighted by Gasteiger charge is -2.27. The quantitative estimate of drug-likeness (QED) is 0.287. The topological polar surface area (TPSA) is 160 Å². The Hall–Kier alpha value is -3.87. The first-order valence-electron chi connectivity index (χ1n) is 12.4. The van der Waals surface area contributed by atoms with E-state index in [1.807, 2.05) is 12.1 Å². The van der Waals surface area contributed by atoms with Crippen molar-refractivity contribution in [2.24, 2.45) is 0 Å². The molecule has 0 atom stereocenters. The Kier molecular flexibility index (Phi) is 10.7. The van der Waals surface area contributed by atoms with Crippen LogP contribution in [0.5, 0.6) is 0 Å². The van der Waals surface area contributed by atoms with E-state index in [0.29, 0.717) is 34.2 Å². The third-order valence-corrected chi connectivity index (χ3v) is 5.66. The fourth-order valence-corrected chi connectivity index (χ4v) is 4.18. The van der Waals surface area contributed by atoms with Crippen LogP contribution >= 0.6 is 11.3 Å². The summed E-state index contributed by atoms with van der Waals surface area (Å²) in [5.41, 5.74) is 0.728. The highest BCUT2D eigenvalue weighted by atomic mass is 32.1. The zero-order valence-electron chi connectivity index (χ0n) is 23.6. The number of amides is 4. The molecule has 12 nitrogen and oxygen atoms in total. The highest BCUT2D eigenvalue weighted by Gasteiger charge is 2.23. The van der Waals surface area contributed by atoms with Gasteiger partial charge in [-0.05, 0) is 72.1 Å². The van der Waals surface area contributed by atoms with E-state index in [1.54, 1.807) is 53.7 Å². The number of benzene rings is 1. The predicted octanol–water partition coefficient (Wildman–Crippen LogP) is 3.99. The van der Waals surface area contributed by atoms with E-state index in [-0.39, 0.29) is 11.8 Å². The van der Waals surface area contributed by atoms with Crippen molar-refractivity contribution in [2.75, 3.05) is 17.7 Å². The van der Waals surface area contributed by atoms with Gasteiger partial charge in [-0.2, -0.15) is 0 Å². The summed E-state index contributed by atoms with van der Waals surface area (Å²) in [6.45, 7) is 11.8. The summed E-state index contributed by atoms with van der Waals surface area (Å²) in [6, 6.07) is 7.33. The third kappa shape index (κ3) is 11.6. The number of aromatic nitrogens is 1. The van der Waals surface area contributed by atoms with Crippen LogP contribution in [0.4, 0.5) is 20.4 Å². The normalized spacial score (nSPS) is 11.4. The molecule has 0 fully saturated rings. The van der Waals surface area contributed by atoms with Gasteiger partial charge in [0.15, 0.2) is 11.4 Å². The molecule has 1 heterocycles. The molecule has 214 valence electrons. The molecule has 0 saturated carbocycles. The van der Waals surface area contributed by atoms with E-state index >= 15 is 0 Å². The molecule has 13 heteroatoms. The van der Waals surface area contributed by atoms with E-state index in [9.17, 15) is 19.2 Å². The average molecular weight is 563 g/mol. The molecule has 1 aromatic heterocycles. The fourth-order valence-electron chi connectivity index (χ4n) is 3.17. The molecule has 0 aliphatic heterocycles. The molecule has 0 saturated heterocycles. The number of rotatable bonds is 9. The van der Waals surface area contributed by atoms with Crippen molar-refractivity contribution in [3.63, 3.8) is 0 Å². The molecule has 0 radical (unpaired) electrons. The number of thiazole rings is 1. The molecular formula is C26H38N6O6S. The van der Waals surface area contributed by atoms with Crippen LogP contribution in [0.3, 0.4) is 0 Å². The van der Waals surface area contributed by atoms with Crippen molar-refractivity contribution in [1.29, 1.82) is 0 Å². The lowest BCUT2D eigenvalue weighted by atomic mass is 10.1. The number of nitrogens with zero attached hydrogens (tertiary/aromatic N) is 1. The van der Waals surface area contributed by atoms with Crippen molar-refractivity contribution >= 4 is 46.2 Å². The number of anilines is 2. The van der Waals surface area contributed by atoms with Gasteiger partial charge in [0, 0.05) is 19.7 Å². The van der Waals surface area contributed by atoms with Crippen molar-refractivity contribution in [3.8, 4) is 0 Å². The summed E-state index contributed by atoms with van der Waals surface area (Å²) < 4.78 is 10.6. The molecule has 0 spiro atoms. The second-order valence-electron chi connectivity index (χ2n) is 10.6. The summed E-state index contributed by atoms with van der Waals surface area (Å²) in [4.78, 5) is 53.2. The van der Waals surface area contributed by atoms with Gasteiger partial charge < -0.3 is 25.4 Å². The molecule has 1 aromatic carbocycles. The molecule has 39 heavy (non-hydrogen) atoms. The smallest absolute Gasteiger partial charge is 0.410 e. The minimum absolute atomic E-state index is 0.262. The number of aryl methyl sites for hydroxylation is 2. The Morgan fingerprint density at radius 2 is 1.44 bits per heavy atom. The molecular weight excluding hydrogens is 524 g/mol. The molecule has 0 unspecified atom stereocenters. The molecule has 0 bridgehead atoms. The largest absolute Gasteiger partial charge is 0.444 e. The number of hydrogen-bond acceptors (Lipinski definition) is 9. The summed E-state index contributed by atoms with van der Waals surface area (Å²) in [5, 5.41) is 13.8. The second kappa shape index (κ2) is 13.3. The van der Waals surface area contributed by atoms with E-state index < -0.39 is 29.7 Å². The Balaban J connectivity index is 2.10. The first kappa shape index (κ1) is 31.3. The van der Waals surface area contributed by atoms with E-state index in [1.165, 1.54) is 14.0 Å². The van der Waals surface area contributed by atoms with Gasteiger partial charge in [0.25, 0.3) is 5.91 Å². The van der Waals surface area contributed by atoms with Crippen LogP contribution < -0.4 is 26.6 Å². The van der Waals surface area contributed by atoms with Crippen LogP contribution in [-0.2, 0) is 27.1 Å². The number of nitrogens with one attached hydrogen (secondary N) is 5. The third-order valence-electron chi connectivity index (χ3n) is 4.65. The molecule has 5 N–H and O–H groups in total. The maximum Gasteiger partial charge on any atom is 0.410 e. The van der Waals surface area contributed by atoms with Crippen LogP contribution in [0.2, 0.25) is 0 Å². The van der Waals surface area contributed by atoms with Crippen LogP contribution in [0.15, 0.2) is 24.3 Å². The van der Waals surface area contributed by atoms with E-state index in [2.05, 4.69) is 31.6 Å². The zero-order valence-corrected chi connectivity index (χ0v) is 24.4. The number of carbonyl (C=O) groups is 4. The second-order valence-corrected chi connectivity index (χ2v) is 11.6. The molecule has 2 rings (SSSR count). The van der Waals surface area contributed by atoms with E-state index in [0.717, 1.165) is 16.9 Å². The number of ether oxygens (including phenoxy) is 2. The van der Waals surface area contributed by atoms with Gasteiger partial charge in [0.1, 0.15) is 16.1 Å². The zero-order chi connectivity index (χ0) is 29.4. The van der Waals surface area contributed by atoms with Gasteiger partial charge in [-0.25, -0.2) is 14.6 Å². The van der Waals surface area contributed by atoms with Crippen LogP contribution in [0.1, 0.15) is 69.4 Å². The van der Waals surface area contributed by atoms with Gasteiger partial charge in [-0.15, -0.1) is 0 Å². The van der Waals surface area contributed by atoms with E-state index in [4.69, 9.17) is 9.47 Å². The molecule has 2 aromatic rings. The minimum Gasteiger partial charge on any atom is -0.444 e. The van der Waals surface area contributed by atoms with Crippen LogP contribution in [0, 0.1) is 0 Å². The number of hydrogen-bond donors (Lipinski definition) is 5. The lowest BCUT2D eigenvalue weighted by Crippen LogP contribution is -2.54. The monoisotopic (exact) mass is 562 g/mol. The molecule has 0 aliphatic rings. The maximum absolute atomic E-state index is 12.3. The van der Waals surface area contributed by atoms with Crippen LogP contribution in [-0.4, -0.2) is 53.5 Å². The SMILES string of the molecule is CNC(=O)c1sc(NC(C)=O)nc1CCc1ccc(NC(NC(=O)OC(C)(C)C)NC(=O)OC(C)(C)C)cc1. The summed E-state index contributed by atoms with van der Waals surface area (Å²) in [6.07, 6.45) is -1.39. The molecule has 0 aliphatic carbocycles. The first-order valence-corrected chi connectivity index (χ1v) is 13.2.